The fourth-order valence-corrected chi connectivity index (χ4v) is 3.49. The van der Waals surface area contributed by atoms with E-state index in [0.717, 1.165) is 19.4 Å². The summed E-state index contributed by atoms with van der Waals surface area (Å²) in [5.74, 6) is -0.665. The number of oxime groups is 1. The van der Waals surface area contributed by atoms with Crippen LogP contribution in [0.5, 0.6) is 0 Å². The molecule has 3 unspecified atom stereocenters. The van der Waals surface area contributed by atoms with Crippen molar-refractivity contribution in [2.45, 2.75) is 51.6 Å². The molecule has 1 amide bonds. The van der Waals surface area contributed by atoms with E-state index < -0.39 is 5.92 Å². The lowest BCUT2D eigenvalue weighted by Crippen LogP contribution is -2.51. The Hall–Kier alpha value is -1.30. The van der Waals surface area contributed by atoms with Crippen LogP contribution in [0.1, 0.15) is 39.5 Å². The Bertz CT molecular complexity index is 383. The van der Waals surface area contributed by atoms with Gasteiger partial charge in [-0.2, -0.15) is 0 Å². The van der Waals surface area contributed by atoms with E-state index in [9.17, 15) is 4.79 Å². The summed E-state index contributed by atoms with van der Waals surface area (Å²) in [4.78, 5) is 14.9. The molecule has 0 aliphatic carbocycles. The Labute approximate surface area is 120 Å². The second kappa shape index (κ2) is 6.43. The number of nitrogens with two attached hydrogens (primary N) is 1. The number of amidine groups is 1. The van der Waals surface area contributed by atoms with Crippen molar-refractivity contribution in [2.24, 2.45) is 22.7 Å². The third kappa shape index (κ3) is 3.23. The van der Waals surface area contributed by atoms with Gasteiger partial charge in [0, 0.05) is 18.6 Å². The van der Waals surface area contributed by atoms with Crippen molar-refractivity contribution in [3.8, 4) is 0 Å². The van der Waals surface area contributed by atoms with E-state index in [1.807, 2.05) is 13.8 Å². The topological polar surface area (TPSA) is 91.0 Å². The van der Waals surface area contributed by atoms with Gasteiger partial charge in [-0.15, -0.1) is 0 Å². The van der Waals surface area contributed by atoms with Crippen molar-refractivity contribution in [1.82, 2.24) is 10.2 Å². The van der Waals surface area contributed by atoms with Gasteiger partial charge in [-0.3, -0.25) is 4.79 Å². The number of carbonyl (C=O) groups excluding carboxylic acids is 1. The second-order valence-electron chi connectivity index (χ2n) is 6.31. The van der Waals surface area contributed by atoms with Crippen LogP contribution in [0.15, 0.2) is 5.16 Å². The Kier molecular flexibility index (Phi) is 4.86. The molecule has 3 atom stereocenters. The monoisotopic (exact) mass is 282 g/mol. The Balaban J connectivity index is 1.93. The molecule has 2 heterocycles. The zero-order valence-corrected chi connectivity index (χ0v) is 12.4. The summed E-state index contributed by atoms with van der Waals surface area (Å²) in [6.07, 6.45) is 4.51. The maximum Gasteiger partial charge on any atom is 0.231 e. The predicted octanol–water partition coefficient (Wildman–Crippen LogP) is 0.748. The number of nitrogens with zero attached hydrogens (tertiary/aromatic N) is 2. The molecule has 6 nitrogen and oxygen atoms in total. The lowest BCUT2D eigenvalue weighted by Gasteiger charge is -2.35. The molecule has 0 spiro atoms. The van der Waals surface area contributed by atoms with E-state index in [1.54, 1.807) is 0 Å². The molecular formula is C14H26N4O2. The van der Waals surface area contributed by atoms with E-state index in [2.05, 4.69) is 15.4 Å². The van der Waals surface area contributed by atoms with Crippen LogP contribution in [-0.2, 0) is 4.79 Å². The second-order valence-corrected chi connectivity index (χ2v) is 6.31. The average Bonchev–Trinajstić information content (AvgIpc) is 2.85. The van der Waals surface area contributed by atoms with Gasteiger partial charge in [0.2, 0.25) is 5.91 Å². The summed E-state index contributed by atoms with van der Waals surface area (Å²) in [5, 5.41) is 14.9. The maximum atomic E-state index is 12.3. The normalized spacial score (nSPS) is 29.2. The molecule has 114 valence electrons. The first-order valence-corrected chi connectivity index (χ1v) is 7.54. The first-order valence-electron chi connectivity index (χ1n) is 7.54. The Morgan fingerprint density at radius 3 is 2.80 bits per heavy atom. The minimum absolute atomic E-state index is 0.00389. The van der Waals surface area contributed by atoms with Gasteiger partial charge in [-0.1, -0.05) is 19.0 Å². The molecule has 4 N–H and O–H groups in total. The van der Waals surface area contributed by atoms with Crippen LogP contribution in [0.3, 0.4) is 0 Å². The minimum Gasteiger partial charge on any atom is -0.409 e. The van der Waals surface area contributed by atoms with Crippen molar-refractivity contribution in [2.75, 3.05) is 13.1 Å². The van der Waals surface area contributed by atoms with Crippen LogP contribution in [0, 0.1) is 11.8 Å². The predicted molar refractivity (Wildman–Crippen MR) is 77.5 cm³/mol. The van der Waals surface area contributed by atoms with Crippen molar-refractivity contribution in [3.63, 3.8) is 0 Å². The number of amides is 1. The van der Waals surface area contributed by atoms with Gasteiger partial charge in [-0.05, 0) is 38.1 Å². The Morgan fingerprint density at radius 2 is 2.15 bits per heavy atom. The van der Waals surface area contributed by atoms with Crippen LogP contribution in [0.25, 0.3) is 0 Å². The highest BCUT2D eigenvalue weighted by atomic mass is 16.4. The van der Waals surface area contributed by atoms with Gasteiger partial charge >= 0.3 is 0 Å². The third-order valence-electron chi connectivity index (χ3n) is 4.55. The summed E-state index contributed by atoms with van der Waals surface area (Å²) in [7, 11) is 0. The minimum atomic E-state index is -0.554. The van der Waals surface area contributed by atoms with Crippen molar-refractivity contribution < 1.29 is 10.0 Å². The average molecular weight is 282 g/mol. The molecule has 0 radical (unpaired) electrons. The Morgan fingerprint density at radius 1 is 1.40 bits per heavy atom. The van der Waals surface area contributed by atoms with Crippen LogP contribution >= 0.6 is 0 Å². The molecule has 0 aromatic heterocycles. The maximum absolute atomic E-state index is 12.3. The van der Waals surface area contributed by atoms with Gasteiger partial charge in [0.25, 0.3) is 0 Å². The molecule has 0 bridgehead atoms. The highest BCUT2D eigenvalue weighted by molar-refractivity contribution is 6.02. The summed E-state index contributed by atoms with van der Waals surface area (Å²) in [6, 6.07) is 0.838. The SMILES string of the molecule is CC(C)C(C(=O)NC1CCN2CCCC2C1)C(N)=NO. The van der Waals surface area contributed by atoms with Crippen LogP contribution in [-0.4, -0.2) is 47.0 Å². The highest BCUT2D eigenvalue weighted by Gasteiger charge is 2.34. The van der Waals surface area contributed by atoms with E-state index in [4.69, 9.17) is 10.9 Å². The molecule has 2 aliphatic rings. The number of hydrogen-bond donors (Lipinski definition) is 3. The molecular weight excluding hydrogens is 256 g/mol. The van der Waals surface area contributed by atoms with E-state index >= 15 is 0 Å². The summed E-state index contributed by atoms with van der Waals surface area (Å²) >= 11 is 0. The number of nitrogens with one attached hydrogen (secondary N) is 1. The zero-order chi connectivity index (χ0) is 14.7. The quantitative estimate of drug-likeness (QED) is 0.307. The fourth-order valence-electron chi connectivity index (χ4n) is 3.49. The summed E-state index contributed by atoms with van der Waals surface area (Å²) < 4.78 is 0. The number of rotatable bonds is 4. The molecule has 6 heteroatoms. The van der Waals surface area contributed by atoms with Crippen molar-refractivity contribution >= 4 is 11.7 Å². The lowest BCUT2D eigenvalue weighted by atomic mass is 9.92. The number of fused-ring (bicyclic) bond motifs is 1. The molecule has 2 rings (SSSR count). The van der Waals surface area contributed by atoms with Gasteiger partial charge < -0.3 is 21.2 Å². The van der Waals surface area contributed by atoms with Gasteiger partial charge in [-0.25, -0.2) is 0 Å². The highest BCUT2D eigenvalue weighted by Crippen LogP contribution is 2.27. The molecule has 2 fully saturated rings. The van der Waals surface area contributed by atoms with Gasteiger partial charge in [0.1, 0.15) is 5.92 Å². The molecule has 0 saturated carbocycles. The standard InChI is InChI=1S/C14H26N4O2/c1-9(2)12(13(15)17-20)14(19)16-10-5-7-18-6-3-4-11(18)8-10/h9-12,20H,3-8H2,1-2H3,(H2,15,17)(H,16,19). The van der Waals surface area contributed by atoms with Crippen LogP contribution < -0.4 is 11.1 Å². The van der Waals surface area contributed by atoms with E-state index in [-0.39, 0.29) is 23.7 Å². The van der Waals surface area contributed by atoms with Gasteiger partial charge in [0.05, 0.1) is 0 Å². The van der Waals surface area contributed by atoms with Crippen molar-refractivity contribution in [1.29, 1.82) is 0 Å². The molecule has 20 heavy (non-hydrogen) atoms. The lowest BCUT2D eigenvalue weighted by molar-refractivity contribution is -0.125. The smallest absolute Gasteiger partial charge is 0.231 e. The molecule has 2 aliphatic heterocycles. The molecule has 0 aromatic rings. The third-order valence-corrected chi connectivity index (χ3v) is 4.55. The van der Waals surface area contributed by atoms with Crippen LogP contribution in [0.2, 0.25) is 0 Å². The number of carbonyl (C=O) groups is 1. The number of hydrogen-bond acceptors (Lipinski definition) is 4. The molecule has 0 aromatic carbocycles. The van der Waals surface area contributed by atoms with E-state index in [0.29, 0.717) is 6.04 Å². The largest absolute Gasteiger partial charge is 0.409 e. The van der Waals surface area contributed by atoms with Gasteiger partial charge in [0.15, 0.2) is 5.84 Å². The summed E-state index contributed by atoms with van der Waals surface area (Å²) in [5.41, 5.74) is 5.64. The summed E-state index contributed by atoms with van der Waals surface area (Å²) in [6.45, 7) is 6.07. The molecule has 2 saturated heterocycles. The zero-order valence-electron chi connectivity index (χ0n) is 12.4. The fraction of sp³-hybridized carbons (Fsp3) is 0.857. The van der Waals surface area contributed by atoms with E-state index in [1.165, 1.54) is 19.4 Å². The first kappa shape index (κ1) is 15.1. The van der Waals surface area contributed by atoms with Crippen LogP contribution in [0.4, 0.5) is 0 Å². The van der Waals surface area contributed by atoms with Crippen molar-refractivity contribution in [3.05, 3.63) is 0 Å². The number of piperidine rings is 1. The first-order chi connectivity index (χ1) is 9.52.